The summed E-state index contributed by atoms with van der Waals surface area (Å²) in [5, 5.41) is 6.28. The van der Waals surface area contributed by atoms with Gasteiger partial charge in [0, 0.05) is 11.7 Å². The van der Waals surface area contributed by atoms with Crippen molar-refractivity contribution in [2.45, 2.75) is 58.4 Å². The first-order chi connectivity index (χ1) is 11.1. The van der Waals surface area contributed by atoms with Gasteiger partial charge in [0.15, 0.2) is 0 Å². The summed E-state index contributed by atoms with van der Waals surface area (Å²) in [7, 11) is 0. The van der Waals surface area contributed by atoms with Gasteiger partial charge in [0.25, 0.3) is 0 Å². The Hall–Kier alpha value is -1.55. The van der Waals surface area contributed by atoms with Gasteiger partial charge in [-0.2, -0.15) is 0 Å². The number of amides is 1. The summed E-state index contributed by atoms with van der Waals surface area (Å²) in [5.41, 5.74) is 0.816. The van der Waals surface area contributed by atoms with Gasteiger partial charge in [-0.05, 0) is 49.4 Å². The van der Waals surface area contributed by atoms with Gasteiger partial charge >= 0.3 is 0 Å². The van der Waals surface area contributed by atoms with E-state index in [4.69, 9.17) is 4.74 Å². The minimum absolute atomic E-state index is 0.0176. The summed E-state index contributed by atoms with van der Waals surface area (Å²) < 4.78 is 5.68. The summed E-state index contributed by atoms with van der Waals surface area (Å²) >= 11 is 0. The quantitative estimate of drug-likeness (QED) is 0.762. The molecular weight excluding hydrogens is 288 g/mol. The van der Waals surface area contributed by atoms with Crippen molar-refractivity contribution < 1.29 is 9.53 Å². The molecule has 1 saturated carbocycles. The smallest absolute Gasteiger partial charge is 0.238 e. The first kappa shape index (κ1) is 17.8. The zero-order chi connectivity index (χ0) is 16.5. The molecule has 0 unspecified atom stereocenters. The molecule has 23 heavy (non-hydrogen) atoms. The summed E-state index contributed by atoms with van der Waals surface area (Å²) in [4.78, 5) is 12.0. The third-order valence-electron chi connectivity index (χ3n) is 4.26. The maximum absolute atomic E-state index is 12.0. The normalized spacial score (nSPS) is 15.6. The van der Waals surface area contributed by atoms with Crippen LogP contribution in [0.3, 0.4) is 0 Å². The number of benzene rings is 1. The van der Waals surface area contributed by atoms with E-state index >= 15 is 0 Å². The number of anilines is 1. The Kier molecular flexibility index (Phi) is 7.40. The second-order valence-electron chi connectivity index (χ2n) is 6.82. The fourth-order valence-electron chi connectivity index (χ4n) is 2.80. The third kappa shape index (κ3) is 7.04. The van der Waals surface area contributed by atoms with Crippen LogP contribution in [0.2, 0.25) is 0 Å². The largest absolute Gasteiger partial charge is 0.494 e. The molecule has 4 heteroatoms. The lowest BCUT2D eigenvalue weighted by Gasteiger charge is -2.22. The lowest BCUT2D eigenvalue weighted by atomic mass is 9.95. The molecule has 1 aliphatic rings. The molecule has 1 aromatic rings. The first-order valence-corrected chi connectivity index (χ1v) is 8.89. The molecule has 1 aromatic carbocycles. The van der Waals surface area contributed by atoms with Gasteiger partial charge in [-0.15, -0.1) is 0 Å². The van der Waals surface area contributed by atoms with Crippen LogP contribution in [0.25, 0.3) is 0 Å². The first-order valence-electron chi connectivity index (χ1n) is 8.89. The number of carbonyl (C=O) groups is 1. The molecule has 0 spiro atoms. The van der Waals surface area contributed by atoms with Crippen LogP contribution in [-0.2, 0) is 4.79 Å². The highest BCUT2D eigenvalue weighted by molar-refractivity contribution is 5.92. The molecule has 1 aliphatic carbocycles. The SMILES string of the molecule is CC(C)CCOc1ccc(NC(=O)CNC2CCCCC2)cc1. The average molecular weight is 318 g/mol. The van der Waals surface area contributed by atoms with Crippen LogP contribution in [0.1, 0.15) is 52.4 Å². The zero-order valence-corrected chi connectivity index (χ0v) is 14.4. The van der Waals surface area contributed by atoms with Crippen molar-refractivity contribution >= 4 is 11.6 Å². The lowest BCUT2D eigenvalue weighted by Crippen LogP contribution is -2.37. The summed E-state index contributed by atoms with van der Waals surface area (Å²) in [5.74, 6) is 1.51. The van der Waals surface area contributed by atoms with Crippen molar-refractivity contribution in [3.63, 3.8) is 0 Å². The maximum Gasteiger partial charge on any atom is 0.238 e. The maximum atomic E-state index is 12.0. The molecule has 2 rings (SSSR count). The standard InChI is InChI=1S/C19H30N2O2/c1-15(2)12-13-23-18-10-8-17(9-11-18)21-19(22)14-20-16-6-4-3-5-7-16/h8-11,15-16,20H,3-7,12-14H2,1-2H3,(H,21,22). The average Bonchev–Trinajstić information content (AvgIpc) is 2.55. The van der Waals surface area contributed by atoms with E-state index in [0.29, 0.717) is 18.5 Å². The van der Waals surface area contributed by atoms with E-state index in [1.54, 1.807) is 0 Å². The minimum atomic E-state index is 0.0176. The van der Waals surface area contributed by atoms with Gasteiger partial charge in [-0.25, -0.2) is 0 Å². The summed E-state index contributed by atoms with van der Waals surface area (Å²) in [6.45, 7) is 5.48. The number of rotatable bonds is 8. The minimum Gasteiger partial charge on any atom is -0.494 e. The van der Waals surface area contributed by atoms with E-state index in [-0.39, 0.29) is 5.91 Å². The van der Waals surface area contributed by atoms with Crippen LogP contribution in [-0.4, -0.2) is 25.1 Å². The molecule has 2 N–H and O–H groups in total. The molecule has 1 fully saturated rings. The van der Waals surface area contributed by atoms with Gasteiger partial charge < -0.3 is 15.4 Å². The Morgan fingerprint density at radius 1 is 1.17 bits per heavy atom. The molecule has 128 valence electrons. The number of hydrogen-bond donors (Lipinski definition) is 2. The Labute approximate surface area is 140 Å². The second kappa shape index (κ2) is 9.56. The third-order valence-corrected chi connectivity index (χ3v) is 4.26. The second-order valence-corrected chi connectivity index (χ2v) is 6.82. The fourth-order valence-corrected chi connectivity index (χ4v) is 2.80. The van der Waals surface area contributed by atoms with E-state index in [0.717, 1.165) is 24.5 Å². The molecule has 0 saturated heterocycles. The Morgan fingerprint density at radius 3 is 2.52 bits per heavy atom. The van der Waals surface area contributed by atoms with Crippen molar-refractivity contribution in [1.29, 1.82) is 0 Å². The Morgan fingerprint density at radius 2 is 1.87 bits per heavy atom. The van der Waals surface area contributed by atoms with Crippen LogP contribution >= 0.6 is 0 Å². The highest BCUT2D eigenvalue weighted by Gasteiger charge is 2.13. The highest BCUT2D eigenvalue weighted by Crippen LogP contribution is 2.18. The van der Waals surface area contributed by atoms with E-state index in [1.807, 2.05) is 24.3 Å². The molecule has 0 atom stereocenters. The van der Waals surface area contributed by atoms with Gasteiger partial charge in [0.1, 0.15) is 5.75 Å². The van der Waals surface area contributed by atoms with Crippen LogP contribution < -0.4 is 15.4 Å². The number of nitrogens with one attached hydrogen (secondary N) is 2. The number of carbonyl (C=O) groups excluding carboxylic acids is 1. The molecule has 4 nitrogen and oxygen atoms in total. The number of hydrogen-bond acceptors (Lipinski definition) is 3. The van der Waals surface area contributed by atoms with Gasteiger partial charge in [-0.1, -0.05) is 33.1 Å². The highest BCUT2D eigenvalue weighted by atomic mass is 16.5. The van der Waals surface area contributed by atoms with Gasteiger partial charge in [0.2, 0.25) is 5.91 Å². The van der Waals surface area contributed by atoms with Gasteiger partial charge in [-0.3, -0.25) is 4.79 Å². The molecular formula is C19H30N2O2. The van der Waals surface area contributed by atoms with Crippen molar-refractivity contribution in [3.05, 3.63) is 24.3 Å². The Balaban J connectivity index is 1.68. The van der Waals surface area contributed by atoms with Crippen molar-refractivity contribution in [1.82, 2.24) is 5.32 Å². The molecule has 1 amide bonds. The van der Waals surface area contributed by atoms with E-state index in [1.165, 1.54) is 32.1 Å². The molecule has 0 aromatic heterocycles. The van der Waals surface area contributed by atoms with Crippen molar-refractivity contribution in [2.24, 2.45) is 5.92 Å². The predicted molar refractivity (Wildman–Crippen MR) is 94.9 cm³/mol. The van der Waals surface area contributed by atoms with Crippen molar-refractivity contribution in [2.75, 3.05) is 18.5 Å². The van der Waals surface area contributed by atoms with Crippen LogP contribution in [0.5, 0.6) is 5.75 Å². The van der Waals surface area contributed by atoms with E-state index in [9.17, 15) is 4.79 Å². The lowest BCUT2D eigenvalue weighted by molar-refractivity contribution is -0.115. The van der Waals surface area contributed by atoms with Gasteiger partial charge in [0.05, 0.1) is 13.2 Å². The van der Waals surface area contributed by atoms with Crippen molar-refractivity contribution in [3.8, 4) is 5.75 Å². The predicted octanol–water partition coefficient (Wildman–Crippen LogP) is 3.97. The molecule has 0 heterocycles. The summed E-state index contributed by atoms with van der Waals surface area (Å²) in [6.07, 6.45) is 7.31. The molecule has 0 aliphatic heterocycles. The van der Waals surface area contributed by atoms with E-state index in [2.05, 4.69) is 24.5 Å². The zero-order valence-electron chi connectivity index (χ0n) is 14.4. The number of ether oxygens (including phenoxy) is 1. The summed E-state index contributed by atoms with van der Waals surface area (Å²) in [6, 6.07) is 8.10. The van der Waals surface area contributed by atoms with Crippen LogP contribution in [0, 0.1) is 5.92 Å². The van der Waals surface area contributed by atoms with Crippen LogP contribution in [0.15, 0.2) is 24.3 Å². The topological polar surface area (TPSA) is 50.4 Å². The van der Waals surface area contributed by atoms with E-state index < -0.39 is 0 Å². The van der Waals surface area contributed by atoms with Crippen LogP contribution in [0.4, 0.5) is 5.69 Å². The molecule has 0 radical (unpaired) electrons. The Bertz CT molecular complexity index is 465. The fraction of sp³-hybridized carbons (Fsp3) is 0.632. The molecule has 0 bridgehead atoms. The monoisotopic (exact) mass is 318 g/mol.